The van der Waals surface area contributed by atoms with Gasteiger partial charge < -0.3 is 30.1 Å². The first-order valence-electron chi connectivity index (χ1n) is 14.2. The summed E-state index contributed by atoms with van der Waals surface area (Å²) in [5, 5.41) is 5.84. The fourth-order valence-corrected chi connectivity index (χ4v) is 5.42. The third-order valence-corrected chi connectivity index (χ3v) is 7.88. The van der Waals surface area contributed by atoms with Crippen LogP contribution < -0.4 is 15.5 Å². The van der Waals surface area contributed by atoms with Gasteiger partial charge in [-0.1, -0.05) is 12.1 Å². The first-order valence-corrected chi connectivity index (χ1v) is 14.2. The smallest absolute Gasteiger partial charge is 0.323 e. The van der Waals surface area contributed by atoms with Gasteiger partial charge in [-0.15, -0.1) is 0 Å². The normalized spacial score (nSPS) is 18.2. The maximum Gasteiger partial charge on any atom is 0.323 e. The molecule has 0 atom stereocenters. The van der Waals surface area contributed by atoms with Gasteiger partial charge in [-0.05, 0) is 56.7 Å². The van der Waals surface area contributed by atoms with Crippen LogP contribution in [0, 0.1) is 6.92 Å². The van der Waals surface area contributed by atoms with Crippen LogP contribution in [0.1, 0.15) is 34.6 Å². The van der Waals surface area contributed by atoms with E-state index in [1.165, 1.54) is 0 Å². The molecule has 11 heteroatoms. The molecule has 0 saturated carbocycles. The van der Waals surface area contributed by atoms with Gasteiger partial charge in [0.25, 0.3) is 5.91 Å². The number of morpholine rings is 1. The Morgan fingerprint density at radius 2 is 1.78 bits per heavy atom. The number of anilines is 2. The van der Waals surface area contributed by atoms with Gasteiger partial charge in [-0.2, -0.15) is 0 Å². The number of allylic oxidation sites excluding steroid dienone is 4. The highest BCUT2D eigenvalue weighted by atomic mass is 16.5. The number of imidazole rings is 1. The molecule has 11 nitrogen and oxygen atoms in total. The minimum atomic E-state index is -0.333. The van der Waals surface area contributed by atoms with Crippen LogP contribution in [0.3, 0.4) is 0 Å². The molecule has 2 saturated heterocycles. The predicted octanol–water partition coefficient (Wildman–Crippen LogP) is 3.14. The van der Waals surface area contributed by atoms with Crippen LogP contribution in [-0.4, -0.2) is 95.6 Å². The number of fused-ring (bicyclic) bond motifs is 1. The number of hydrogen-bond acceptors (Lipinski definition) is 7. The average molecular weight is 557 g/mol. The lowest BCUT2D eigenvalue weighted by molar-refractivity contribution is 0.0664. The summed E-state index contributed by atoms with van der Waals surface area (Å²) in [7, 11) is 2.06. The molecule has 1 aromatic carbocycles. The summed E-state index contributed by atoms with van der Waals surface area (Å²) in [4.78, 5) is 41.7. The molecule has 2 fully saturated rings. The standard InChI is InChI=1S/C30H36N8O3/c1-21-19-31-27-28(36-14-16-41-17-15-36)34-26(20-38(21)27)22-6-8-24(9-7-22)32-30(40)33-25-5-3-4-23(18-25)29(39)37-12-10-35(2)11-13-37/h3-6,8,18-20H,7,9-17H2,1-2H3,(H2,32,33,40). The third-order valence-electron chi connectivity index (χ3n) is 7.88. The topological polar surface area (TPSA) is 107 Å². The highest BCUT2D eigenvalue weighted by molar-refractivity contribution is 5.97. The van der Waals surface area contributed by atoms with Gasteiger partial charge in [0, 0.05) is 74.3 Å². The van der Waals surface area contributed by atoms with E-state index in [-0.39, 0.29) is 11.9 Å². The van der Waals surface area contributed by atoms with Crippen LogP contribution in [0.25, 0.3) is 11.2 Å². The zero-order valence-electron chi connectivity index (χ0n) is 23.6. The number of hydrogen-bond donors (Lipinski definition) is 2. The summed E-state index contributed by atoms with van der Waals surface area (Å²) in [5.74, 6) is 0.865. The highest BCUT2D eigenvalue weighted by Crippen LogP contribution is 2.29. The number of ether oxygens (including phenoxy) is 1. The molecule has 3 amide bonds. The molecule has 2 aromatic heterocycles. The summed E-state index contributed by atoms with van der Waals surface area (Å²) in [6.45, 7) is 8.10. The van der Waals surface area contributed by atoms with Crippen LogP contribution >= 0.6 is 0 Å². The van der Waals surface area contributed by atoms with E-state index in [1.54, 1.807) is 24.3 Å². The van der Waals surface area contributed by atoms with Crippen molar-refractivity contribution in [1.82, 2.24) is 29.5 Å². The van der Waals surface area contributed by atoms with Crippen molar-refractivity contribution < 1.29 is 14.3 Å². The van der Waals surface area contributed by atoms with Crippen molar-refractivity contribution in [3.63, 3.8) is 0 Å². The van der Waals surface area contributed by atoms with Crippen molar-refractivity contribution in [3.8, 4) is 0 Å². The summed E-state index contributed by atoms with van der Waals surface area (Å²) in [5.41, 5.74) is 5.90. The average Bonchev–Trinajstić information content (AvgIpc) is 3.38. The molecule has 4 heterocycles. The Balaban J connectivity index is 1.13. The maximum absolute atomic E-state index is 12.9. The second-order valence-electron chi connectivity index (χ2n) is 10.8. The van der Waals surface area contributed by atoms with Gasteiger partial charge in [-0.25, -0.2) is 14.8 Å². The van der Waals surface area contributed by atoms with Crippen molar-refractivity contribution in [2.24, 2.45) is 0 Å². The van der Waals surface area contributed by atoms with Crippen LogP contribution in [0.2, 0.25) is 0 Å². The number of nitrogens with one attached hydrogen (secondary N) is 2. The van der Waals surface area contributed by atoms with Crippen LogP contribution in [0.15, 0.2) is 54.5 Å². The molecule has 1 aliphatic carbocycles. The predicted molar refractivity (Wildman–Crippen MR) is 158 cm³/mol. The van der Waals surface area contributed by atoms with E-state index in [1.807, 2.05) is 36.4 Å². The number of rotatable bonds is 5. The van der Waals surface area contributed by atoms with E-state index >= 15 is 0 Å². The zero-order valence-corrected chi connectivity index (χ0v) is 23.6. The number of likely N-dealkylation sites (N-methyl/N-ethyl adjacent to an activating group) is 1. The third kappa shape index (κ3) is 5.96. The molecule has 2 aliphatic heterocycles. The van der Waals surface area contributed by atoms with E-state index in [4.69, 9.17) is 9.72 Å². The SMILES string of the molecule is Cc1cnc2c(N3CCOCC3)nc(C3=CC=C(NC(=O)Nc4cccc(C(=O)N5CCN(C)CC5)c4)CC3)cn12. The molecule has 3 aromatic rings. The second-order valence-corrected chi connectivity index (χ2v) is 10.8. The van der Waals surface area contributed by atoms with E-state index < -0.39 is 0 Å². The molecule has 2 N–H and O–H groups in total. The Bertz CT molecular complexity index is 1510. The number of piperazine rings is 1. The summed E-state index contributed by atoms with van der Waals surface area (Å²) < 4.78 is 7.64. The molecular weight excluding hydrogens is 520 g/mol. The first-order chi connectivity index (χ1) is 19.9. The Morgan fingerprint density at radius 3 is 2.54 bits per heavy atom. The molecule has 3 aliphatic rings. The lowest BCUT2D eigenvalue weighted by atomic mass is 10.00. The molecule has 6 rings (SSSR count). The number of aromatic nitrogens is 3. The van der Waals surface area contributed by atoms with Crippen molar-refractivity contribution in [1.29, 1.82) is 0 Å². The van der Waals surface area contributed by atoms with Crippen LogP contribution in [0.4, 0.5) is 16.3 Å². The minimum Gasteiger partial charge on any atom is -0.378 e. The minimum absolute atomic E-state index is 0.00993. The van der Waals surface area contributed by atoms with E-state index in [0.717, 1.165) is 66.7 Å². The van der Waals surface area contributed by atoms with Crippen molar-refractivity contribution in [3.05, 3.63) is 71.5 Å². The van der Waals surface area contributed by atoms with Gasteiger partial charge in [0.15, 0.2) is 11.5 Å². The van der Waals surface area contributed by atoms with Gasteiger partial charge in [0.1, 0.15) is 0 Å². The number of aryl methyl sites for hydroxylation is 1. The summed E-state index contributed by atoms with van der Waals surface area (Å²) in [6, 6.07) is 6.78. The Kier molecular flexibility index (Phi) is 7.71. The Morgan fingerprint density at radius 1 is 0.976 bits per heavy atom. The summed E-state index contributed by atoms with van der Waals surface area (Å²) in [6.07, 6.45) is 9.30. The molecule has 0 unspecified atom stereocenters. The van der Waals surface area contributed by atoms with Gasteiger partial charge in [0.05, 0.1) is 18.9 Å². The number of carbonyl (C=O) groups is 2. The van der Waals surface area contributed by atoms with Gasteiger partial charge in [0.2, 0.25) is 0 Å². The number of amides is 3. The van der Waals surface area contributed by atoms with Crippen LogP contribution in [-0.2, 0) is 4.74 Å². The lowest BCUT2D eigenvalue weighted by Gasteiger charge is -2.32. The number of carbonyl (C=O) groups excluding carboxylic acids is 2. The second kappa shape index (κ2) is 11.7. The summed E-state index contributed by atoms with van der Waals surface area (Å²) >= 11 is 0. The molecular formula is C30H36N8O3. The number of benzene rings is 1. The zero-order chi connectivity index (χ0) is 28.3. The van der Waals surface area contributed by atoms with E-state index in [2.05, 4.69) is 36.9 Å². The van der Waals surface area contributed by atoms with Crippen molar-refractivity contribution in [2.45, 2.75) is 19.8 Å². The van der Waals surface area contributed by atoms with Crippen molar-refractivity contribution >= 4 is 34.7 Å². The van der Waals surface area contributed by atoms with Gasteiger partial charge >= 0.3 is 6.03 Å². The fraction of sp³-hybridized carbons (Fsp3) is 0.400. The Labute approximate surface area is 239 Å². The van der Waals surface area contributed by atoms with Gasteiger partial charge in [-0.3, -0.25) is 9.20 Å². The Hall–Kier alpha value is -4.22. The molecule has 0 spiro atoms. The first kappa shape index (κ1) is 27.0. The fourth-order valence-electron chi connectivity index (χ4n) is 5.42. The van der Waals surface area contributed by atoms with Crippen molar-refractivity contribution in [2.75, 3.05) is 69.7 Å². The number of nitrogens with zero attached hydrogens (tertiary/aromatic N) is 6. The number of urea groups is 1. The lowest BCUT2D eigenvalue weighted by Crippen LogP contribution is -2.47. The molecule has 0 radical (unpaired) electrons. The molecule has 214 valence electrons. The quantitative estimate of drug-likeness (QED) is 0.497. The highest BCUT2D eigenvalue weighted by Gasteiger charge is 2.22. The maximum atomic E-state index is 12.9. The van der Waals surface area contributed by atoms with Crippen LogP contribution in [0.5, 0.6) is 0 Å². The molecule has 0 bridgehead atoms. The monoisotopic (exact) mass is 556 g/mol. The largest absolute Gasteiger partial charge is 0.378 e. The van der Waals surface area contributed by atoms with E-state index in [9.17, 15) is 9.59 Å². The van der Waals surface area contributed by atoms with E-state index in [0.29, 0.717) is 44.0 Å². The molecule has 41 heavy (non-hydrogen) atoms.